The summed E-state index contributed by atoms with van der Waals surface area (Å²) >= 11 is 0. The van der Waals surface area contributed by atoms with Gasteiger partial charge in [0.25, 0.3) is 5.56 Å². The Morgan fingerprint density at radius 3 is 2.81 bits per heavy atom. The molecule has 1 N–H and O–H groups in total. The van der Waals surface area contributed by atoms with Crippen LogP contribution in [0.4, 0.5) is 0 Å². The first-order valence-corrected chi connectivity index (χ1v) is 10.4. The summed E-state index contributed by atoms with van der Waals surface area (Å²) in [6.07, 6.45) is 2.29. The lowest BCUT2D eigenvalue weighted by atomic mass is 10.2. The van der Waals surface area contributed by atoms with Crippen molar-refractivity contribution in [1.29, 1.82) is 0 Å². The van der Waals surface area contributed by atoms with Gasteiger partial charge < -0.3 is 9.88 Å². The molecule has 26 heavy (non-hydrogen) atoms. The van der Waals surface area contributed by atoms with Crippen molar-refractivity contribution < 1.29 is 13.2 Å². The molecule has 1 amide bonds. The third-order valence-corrected chi connectivity index (χ3v) is 5.90. The van der Waals surface area contributed by atoms with E-state index in [4.69, 9.17) is 0 Å². The Morgan fingerprint density at radius 1 is 1.38 bits per heavy atom. The van der Waals surface area contributed by atoms with Crippen molar-refractivity contribution in [3.63, 3.8) is 0 Å². The van der Waals surface area contributed by atoms with Gasteiger partial charge in [0.05, 0.1) is 23.7 Å². The third kappa shape index (κ3) is 3.63. The number of benzene rings is 1. The van der Waals surface area contributed by atoms with E-state index in [1.807, 2.05) is 6.92 Å². The molecule has 2 aromatic rings. The maximum Gasteiger partial charge on any atom is 0.258 e. The Bertz CT molecular complexity index is 986. The van der Waals surface area contributed by atoms with Crippen LogP contribution in [-0.4, -0.2) is 58.9 Å². The molecule has 1 unspecified atom stereocenters. The number of nitrogens with zero attached hydrogens (tertiary/aromatic N) is 3. The number of H-pyrrole nitrogens is 1. The van der Waals surface area contributed by atoms with Gasteiger partial charge in [-0.1, -0.05) is 12.1 Å². The van der Waals surface area contributed by atoms with Crippen LogP contribution in [-0.2, 0) is 21.4 Å². The van der Waals surface area contributed by atoms with E-state index in [1.54, 1.807) is 24.3 Å². The fraction of sp³-hybridized carbons (Fsp3) is 0.471. The summed E-state index contributed by atoms with van der Waals surface area (Å²) in [5, 5.41) is 0.490. The summed E-state index contributed by atoms with van der Waals surface area (Å²) in [7, 11) is -3.43. The monoisotopic (exact) mass is 378 g/mol. The van der Waals surface area contributed by atoms with Crippen molar-refractivity contribution in [3.8, 4) is 0 Å². The topological polar surface area (TPSA) is 103 Å². The van der Waals surface area contributed by atoms with Crippen LogP contribution in [0.25, 0.3) is 10.9 Å². The van der Waals surface area contributed by atoms with E-state index in [2.05, 4.69) is 9.97 Å². The zero-order chi connectivity index (χ0) is 18.9. The van der Waals surface area contributed by atoms with Crippen LogP contribution in [0.2, 0.25) is 0 Å². The first-order chi connectivity index (χ1) is 12.3. The Morgan fingerprint density at radius 2 is 2.12 bits per heavy atom. The number of nitrogens with one attached hydrogen (secondary N) is 1. The number of carbonyl (C=O) groups excluding carboxylic acids is 1. The molecule has 1 atom stereocenters. The second kappa shape index (κ2) is 7.16. The Kier molecular flexibility index (Phi) is 5.10. The molecule has 1 aromatic heterocycles. The van der Waals surface area contributed by atoms with Gasteiger partial charge in [0.2, 0.25) is 15.9 Å². The number of aromatic amines is 1. The predicted octanol–water partition coefficient (Wildman–Crippen LogP) is 0.696. The van der Waals surface area contributed by atoms with Gasteiger partial charge in [-0.2, -0.15) is 4.31 Å². The number of likely N-dealkylation sites (N-methyl/N-ethyl adjacent to an activating group) is 1. The lowest BCUT2D eigenvalue weighted by Crippen LogP contribution is -2.47. The molecule has 1 aliphatic rings. The number of hydrogen-bond donors (Lipinski definition) is 1. The third-order valence-electron chi connectivity index (χ3n) is 4.61. The van der Waals surface area contributed by atoms with Crippen LogP contribution in [0, 0.1) is 0 Å². The molecule has 1 saturated heterocycles. The number of sulfonamides is 1. The van der Waals surface area contributed by atoms with Gasteiger partial charge in [-0.15, -0.1) is 0 Å². The molecule has 0 aliphatic carbocycles. The van der Waals surface area contributed by atoms with Crippen LogP contribution in [0.5, 0.6) is 0 Å². The van der Waals surface area contributed by atoms with Crippen LogP contribution in [0.1, 0.15) is 25.6 Å². The molecule has 0 bridgehead atoms. The maximum absolute atomic E-state index is 12.9. The van der Waals surface area contributed by atoms with Gasteiger partial charge in [0, 0.05) is 13.1 Å². The normalized spacial score (nSPS) is 18.3. The molecule has 0 saturated carbocycles. The number of rotatable bonds is 5. The summed E-state index contributed by atoms with van der Waals surface area (Å²) in [6.45, 7) is 2.70. The van der Waals surface area contributed by atoms with E-state index in [9.17, 15) is 18.0 Å². The van der Waals surface area contributed by atoms with E-state index in [0.29, 0.717) is 42.7 Å². The average molecular weight is 378 g/mol. The number of aromatic nitrogens is 2. The van der Waals surface area contributed by atoms with E-state index in [1.165, 1.54) is 9.21 Å². The quantitative estimate of drug-likeness (QED) is 0.825. The van der Waals surface area contributed by atoms with Gasteiger partial charge in [0.1, 0.15) is 11.9 Å². The van der Waals surface area contributed by atoms with Crippen molar-refractivity contribution in [2.24, 2.45) is 0 Å². The fourth-order valence-corrected chi connectivity index (χ4v) is 4.45. The molecule has 9 heteroatoms. The lowest BCUT2D eigenvalue weighted by Gasteiger charge is -2.28. The number of fused-ring (bicyclic) bond motifs is 1. The number of carbonyl (C=O) groups is 1. The highest BCUT2D eigenvalue weighted by Crippen LogP contribution is 2.22. The Labute approximate surface area is 151 Å². The largest absolute Gasteiger partial charge is 0.334 e. The van der Waals surface area contributed by atoms with Gasteiger partial charge in [-0.25, -0.2) is 13.4 Å². The minimum Gasteiger partial charge on any atom is -0.334 e. The van der Waals surface area contributed by atoms with Crippen molar-refractivity contribution >= 4 is 26.8 Å². The van der Waals surface area contributed by atoms with Crippen LogP contribution in [0.3, 0.4) is 0 Å². The van der Waals surface area contributed by atoms with Gasteiger partial charge in [-0.3, -0.25) is 9.59 Å². The zero-order valence-electron chi connectivity index (χ0n) is 14.8. The molecular weight excluding hydrogens is 356 g/mol. The van der Waals surface area contributed by atoms with Crippen molar-refractivity contribution in [2.75, 3.05) is 19.3 Å². The fourth-order valence-electron chi connectivity index (χ4n) is 3.33. The average Bonchev–Trinajstić information content (AvgIpc) is 3.09. The second-order valence-corrected chi connectivity index (χ2v) is 8.35. The van der Waals surface area contributed by atoms with Gasteiger partial charge in [0.15, 0.2) is 0 Å². The standard InChI is InChI=1S/C17H22N4O4S/c1-3-20(17(23)14-9-6-10-21(14)26(2,24)25)11-15-18-13-8-5-4-7-12(13)16(22)19-15/h4-5,7-8,14H,3,6,9-11H2,1-2H3,(H,18,19,22). The Balaban J connectivity index is 1.86. The molecular formula is C17H22N4O4S. The summed E-state index contributed by atoms with van der Waals surface area (Å²) in [4.78, 5) is 33.7. The smallest absolute Gasteiger partial charge is 0.258 e. The summed E-state index contributed by atoms with van der Waals surface area (Å²) in [5.74, 6) is 0.124. The van der Waals surface area contributed by atoms with Gasteiger partial charge >= 0.3 is 0 Å². The summed E-state index contributed by atoms with van der Waals surface area (Å²) in [5.41, 5.74) is 0.307. The van der Waals surface area contributed by atoms with E-state index >= 15 is 0 Å². The maximum atomic E-state index is 12.9. The van der Waals surface area contributed by atoms with Crippen LogP contribution >= 0.6 is 0 Å². The van der Waals surface area contributed by atoms with E-state index in [0.717, 1.165) is 6.26 Å². The number of amides is 1. The first-order valence-electron chi connectivity index (χ1n) is 8.55. The molecule has 0 radical (unpaired) electrons. The SMILES string of the molecule is CCN(Cc1nc2ccccc2c(=O)[nH]1)C(=O)C1CCCN1S(C)(=O)=O. The van der Waals surface area contributed by atoms with Crippen molar-refractivity contribution in [2.45, 2.75) is 32.4 Å². The highest BCUT2D eigenvalue weighted by molar-refractivity contribution is 7.88. The van der Waals surface area contributed by atoms with E-state index < -0.39 is 16.1 Å². The molecule has 1 aromatic carbocycles. The van der Waals surface area contributed by atoms with Crippen LogP contribution in [0.15, 0.2) is 29.1 Å². The van der Waals surface area contributed by atoms with Crippen molar-refractivity contribution in [1.82, 2.24) is 19.2 Å². The first kappa shape index (κ1) is 18.5. The van der Waals surface area contributed by atoms with Crippen LogP contribution < -0.4 is 5.56 Å². The number of para-hydroxylation sites is 1. The molecule has 3 rings (SSSR count). The molecule has 0 spiro atoms. The molecule has 1 aliphatic heterocycles. The molecule has 140 valence electrons. The minimum absolute atomic E-state index is 0.128. The minimum atomic E-state index is -3.43. The number of hydrogen-bond acceptors (Lipinski definition) is 5. The van der Waals surface area contributed by atoms with Gasteiger partial charge in [-0.05, 0) is 31.9 Å². The van der Waals surface area contributed by atoms with Crippen molar-refractivity contribution in [3.05, 3.63) is 40.4 Å². The predicted molar refractivity (Wildman–Crippen MR) is 98.0 cm³/mol. The molecule has 2 heterocycles. The molecule has 8 nitrogen and oxygen atoms in total. The highest BCUT2D eigenvalue weighted by Gasteiger charge is 2.38. The second-order valence-electron chi connectivity index (χ2n) is 6.41. The molecule has 1 fully saturated rings. The Hall–Kier alpha value is -2.26. The summed E-state index contributed by atoms with van der Waals surface area (Å²) < 4.78 is 25.1. The summed E-state index contributed by atoms with van der Waals surface area (Å²) in [6, 6.07) is 6.31. The lowest BCUT2D eigenvalue weighted by molar-refractivity contribution is -0.135. The van der Waals surface area contributed by atoms with E-state index in [-0.39, 0.29) is 18.0 Å². The zero-order valence-corrected chi connectivity index (χ0v) is 15.6. The highest BCUT2D eigenvalue weighted by atomic mass is 32.2.